The average Bonchev–Trinajstić information content (AvgIpc) is 3.81. The van der Waals surface area contributed by atoms with Crippen LogP contribution in [0.15, 0.2) is 139 Å². The van der Waals surface area contributed by atoms with Crippen LogP contribution in [0, 0.1) is 56.3 Å². The molecular weight excluding hydrogens is 799 g/mol. The van der Waals surface area contributed by atoms with Gasteiger partial charge in [-0.05, 0) is 28.6 Å². The van der Waals surface area contributed by atoms with Crippen molar-refractivity contribution >= 4 is 3.21 Å². The van der Waals surface area contributed by atoms with E-state index in [1.54, 1.807) is 0 Å². The Morgan fingerprint density at radius 2 is 1.09 bits per heavy atom. The summed E-state index contributed by atoms with van der Waals surface area (Å²) < 4.78 is 1.43. The maximum absolute atomic E-state index is 2.99. The van der Waals surface area contributed by atoms with Gasteiger partial charge < -0.3 is 31.2 Å². The molecule has 2 fully saturated rings. The van der Waals surface area contributed by atoms with Crippen molar-refractivity contribution < 1.29 is 49.0 Å². The van der Waals surface area contributed by atoms with E-state index in [0.717, 1.165) is 6.42 Å². The van der Waals surface area contributed by atoms with Crippen LogP contribution in [0.1, 0.15) is 124 Å². The molecule has 0 nitrogen and oxygen atoms in total. The summed E-state index contributed by atoms with van der Waals surface area (Å²) in [5.41, 5.74) is 7.26. The Morgan fingerprint density at radius 3 is 1.50 bits per heavy atom. The van der Waals surface area contributed by atoms with Crippen LogP contribution in [-0.4, -0.2) is 3.21 Å². The summed E-state index contributed by atoms with van der Waals surface area (Å²) in [6.07, 6.45) is 39.3. The average molecular weight is 863 g/mol. The zero-order valence-electron chi connectivity index (χ0n) is 36.0. The molecule has 6 aliphatic rings. The summed E-state index contributed by atoms with van der Waals surface area (Å²) in [7, 11) is 0. The van der Waals surface area contributed by atoms with Crippen molar-refractivity contribution in [2.24, 2.45) is 43.8 Å². The van der Waals surface area contributed by atoms with Gasteiger partial charge in [-0.2, -0.15) is 6.08 Å². The molecule has 0 aliphatic heterocycles. The smallest absolute Gasteiger partial charge is 0.00455 e. The fourth-order valence-electron chi connectivity index (χ4n) is 11.8. The quantitative estimate of drug-likeness (QED) is 0.274. The summed E-state index contributed by atoms with van der Waals surface area (Å²) in [6.45, 7) is 29.3. The van der Waals surface area contributed by atoms with Crippen molar-refractivity contribution in [3.05, 3.63) is 174 Å². The van der Waals surface area contributed by atoms with Gasteiger partial charge in [0.1, 0.15) is 0 Å². The predicted molar refractivity (Wildman–Crippen MR) is 230 cm³/mol. The molecule has 2 aromatic rings. The first-order valence-electron chi connectivity index (χ1n) is 20.4. The Morgan fingerprint density at radius 1 is 0.643 bits per heavy atom. The van der Waals surface area contributed by atoms with Crippen LogP contribution in [0.2, 0.25) is 0 Å². The van der Waals surface area contributed by atoms with E-state index in [0.29, 0.717) is 17.8 Å². The normalized spacial score (nSPS) is 36.1. The molecule has 8 atom stereocenters. The first kappa shape index (κ1) is 46.4. The van der Waals surface area contributed by atoms with E-state index in [2.05, 4.69) is 217 Å². The monoisotopic (exact) mass is 860 g/mol. The van der Waals surface area contributed by atoms with Gasteiger partial charge >= 0.3 is 138 Å². The fraction of sp³-hybridized carbons (Fsp3) is 0.434. The molecular formula is C53H64Cl2Zr-2. The number of fused-ring (bicyclic) bond motifs is 8. The van der Waals surface area contributed by atoms with Gasteiger partial charge in [-0.3, -0.25) is 6.08 Å². The van der Waals surface area contributed by atoms with Gasteiger partial charge in [-0.15, -0.1) is 23.8 Å². The van der Waals surface area contributed by atoms with E-state index in [9.17, 15) is 0 Å². The van der Waals surface area contributed by atoms with Gasteiger partial charge in [0.15, 0.2) is 0 Å². The molecule has 296 valence electrons. The first-order chi connectivity index (χ1) is 25.4. The van der Waals surface area contributed by atoms with Crippen molar-refractivity contribution in [3.63, 3.8) is 0 Å². The van der Waals surface area contributed by atoms with Gasteiger partial charge in [-0.1, -0.05) is 115 Å². The van der Waals surface area contributed by atoms with Crippen molar-refractivity contribution in [2.45, 2.75) is 101 Å². The molecule has 2 aromatic carbocycles. The molecule has 0 heterocycles. The number of benzene rings is 2. The van der Waals surface area contributed by atoms with Gasteiger partial charge in [0.05, 0.1) is 0 Å². The van der Waals surface area contributed by atoms with Gasteiger partial charge in [0, 0.05) is 10.8 Å². The van der Waals surface area contributed by atoms with E-state index in [1.807, 2.05) is 12.2 Å². The third-order valence-electron chi connectivity index (χ3n) is 16.4. The molecule has 3 heteroatoms. The maximum atomic E-state index is 2.99. The van der Waals surface area contributed by atoms with Crippen molar-refractivity contribution in [1.29, 1.82) is 0 Å². The molecule has 0 N–H and O–H groups in total. The second-order valence-electron chi connectivity index (χ2n) is 18.6. The molecule has 0 saturated heterocycles. The third-order valence-corrected chi connectivity index (χ3v) is 17.8. The second kappa shape index (κ2) is 16.7. The van der Waals surface area contributed by atoms with E-state index in [1.165, 1.54) is 55.3 Å². The van der Waals surface area contributed by atoms with Crippen LogP contribution in [0.5, 0.6) is 0 Å². The Bertz CT molecular complexity index is 1940. The third kappa shape index (κ3) is 6.52. The zero-order valence-corrected chi connectivity index (χ0v) is 39.9. The summed E-state index contributed by atoms with van der Waals surface area (Å²) in [6, 6.07) is 18.1. The van der Waals surface area contributed by atoms with Gasteiger partial charge in [0.25, 0.3) is 0 Å². The van der Waals surface area contributed by atoms with E-state index < -0.39 is 0 Å². The van der Waals surface area contributed by atoms with E-state index in [-0.39, 0.29) is 62.7 Å². The standard InChI is InChI=1S/C29H37.C19H22.C5H5.2ClH.Zr/c1-21-14-13-15-22-20-27(6)25(4)18-10-9-16-23(25,2)24(3)17-11-12-19-26(24,5)29(27,8)28(21,22)7;1-14(2)18-9-5-16(6-10-18)13-17-7-11-19(12-8-17)15(3)4;1-2-4-5-3-1;;;/h9-20,22H,1-8H3;5-12,14-15H,1-4H3;1-3H,4H2;2*1H;/q-1;;-1;;;+2/p-2. The Hall–Kier alpha value is -2.31. The molecule has 0 spiro atoms. The van der Waals surface area contributed by atoms with Crippen LogP contribution in [0.4, 0.5) is 0 Å². The number of hydrogen-bond donors (Lipinski definition) is 0. The predicted octanol–water partition coefficient (Wildman–Crippen LogP) is 8.01. The van der Waals surface area contributed by atoms with Crippen LogP contribution >= 0.6 is 0 Å². The van der Waals surface area contributed by atoms with Gasteiger partial charge in [-0.25, -0.2) is 12.2 Å². The molecule has 8 unspecified atom stereocenters. The van der Waals surface area contributed by atoms with Crippen molar-refractivity contribution in [2.75, 3.05) is 0 Å². The fourth-order valence-corrected chi connectivity index (χ4v) is 12.6. The summed E-state index contributed by atoms with van der Waals surface area (Å²) in [5.74, 6) is 1.66. The van der Waals surface area contributed by atoms with Crippen LogP contribution in [0.25, 0.3) is 0 Å². The van der Waals surface area contributed by atoms with Crippen LogP contribution in [0.3, 0.4) is 0 Å². The molecule has 56 heavy (non-hydrogen) atoms. The van der Waals surface area contributed by atoms with Crippen molar-refractivity contribution in [3.8, 4) is 0 Å². The van der Waals surface area contributed by atoms with E-state index in [4.69, 9.17) is 0 Å². The summed E-state index contributed by atoms with van der Waals surface area (Å²) in [4.78, 5) is 0. The minimum absolute atomic E-state index is 0. The zero-order chi connectivity index (χ0) is 39.4. The summed E-state index contributed by atoms with van der Waals surface area (Å²) >= 11 is 1.47. The largest absolute Gasteiger partial charge is 1.00 e. The number of allylic oxidation sites excluding steroid dienone is 16. The molecule has 8 rings (SSSR count). The number of halogens is 2. The Balaban J connectivity index is 0.000000225. The Kier molecular flexibility index (Phi) is 13.9. The molecule has 0 aromatic heterocycles. The molecule has 0 amide bonds. The topological polar surface area (TPSA) is 0 Å². The molecule has 0 radical (unpaired) electrons. The minimum Gasteiger partial charge on any atom is -1.00 e. The molecule has 2 saturated carbocycles. The SMILES string of the molecule is CC(C)c1ccc([C](=[Zr+2])c2ccc(C(C)C)cc2)cc1.CC1=CC=CC2[CH-]C3(C)C4(C)C=CC=CC4(C)C4(C)C=CC=CC4(C)C3(C)C12C.[C-]1=CC=CC1.[Cl-].[Cl-]. The summed E-state index contributed by atoms with van der Waals surface area (Å²) in [5, 5.41) is 0. The van der Waals surface area contributed by atoms with Crippen LogP contribution < -0.4 is 24.8 Å². The first-order valence-corrected chi connectivity index (χ1v) is 21.6. The van der Waals surface area contributed by atoms with Gasteiger partial charge in [0.2, 0.25) is 0 Å². The van der Waals surface area contributed by atoms with E-state index >= 15 is 0 Å². The maximum Gasteiger partial charge on any atom is 0.00455 e. The Labute approximate surface area is 368 Å². The molecule has 0 bridgehead atoms. The van der Waals surface area contributed by atoms with Crippen molar-refractivity contribution in [1.82, 2.24) is 0 Å². The minimum atomic E-state index is 0. The number of hydrogen-bond acceptors (Lipinski definition) is 0. The molecule has 6 aliphatic carbocycles. The second-order valence-corrected chi connectivity index (χ2v) is 19.9. The van der Waals surface area contributed by atoms with Crippen LogP contribution in [-0.2, 0) is 24.2 Å². The number of rotatable bonds is 4.